The van der Waals surface area contributed by atoms with Crippen LogP contribution in [0.5, 0.6) is 0 Å². The van der Waals surface area contributed by atoms with Crippen LogP contribution < -0.4 is 10.6 Å². The zero-order valence-corrected chi connectivity index (χ0v) is 15.4. The smallest absolute Gasteiger partial charge is 0.282 e. The molecule has 5 nitrogen and oxygen atoms in total. The van der Waals surface area contributed by atoms with Crippen molar-refractivity contribution in [1.82, 2.24) is 15.5 Å². The number of carbonyl (C=O) groups is 2. The van der Waals surface area contributed by atoms with E-state index in [1.807, 2.05) is 59.5 Å². The largest absolute Gasteiger partial charge is 0.348 e. The number of nitrogens with one attached hydrogen (secondary N) is 2. The van der Waals surface area contributed by atoms with Crippen LogP contribution in [-0.4, -0.2) is 42.2 Å². The van der Waals surface area contributed by atoms with Gasteiger partial charge in [-0.25, -0.2) is 0 Å². The summed E-state index contributed by atoms with van der Waals surface area (Å²) in [7, 11) is 0. The summed E-state index contributed by atoms with van der Waals surface area (Å²) < 4.78 is 0. The molecule has 136 valence electrons. The first-order valence-corrected chi connectivity index (χ1v) is 9.74. The second-order valence-corrected chi connectivity index (χ2v) is 7.08. The summed E-state index contributed by atoms with van der Waals surface area (Å²) in [5.74, 6) is 0.527. The molecule has 0 unspecified atom stereocenters. The number of amides is 2. The van der Waals surface area contributed by atoms with Crippen molar-refractivity contribution in [3.63, 3.8) is 0 Å². The molecule has 6 heteroatoms. The number of thioether (sulfide) groups is 1. The SMILES string of the molecule is O=C(NCc1ccccc1)c1ccc(CSC(=O)N2CCNCC2)cc1. The molecule has 0 spiro atoms. The quantitative estimate of drug-likeness (QED) is 0.851. The van der Waals surface area contributed by atoms with Gasteiger partial charge < -0.3 is 15.5 Å². The normalized spacial score (nSPS) is 14.1. The molecule has 26 heavy (non-hydrogen) atoms. The Labute approximate surface area is 158 Å². The Morgan fingerprint density at radius 1 is 0.962 bits per heavy atom. The van der Waals surface area contributed by atoms with Gasteiger partial charge in [0.2, 0.25) is 0 Å². The standard InChI is InChI=1S/C20H23N3O2S/c24-19(22-14-16-4-2-1-3-5-16)18-8-6-17(7-9-18)15-26-20(25)23-12-10-21-11-13-23/h1-9,21H,10-15H2,(H,22,24). The number of carbonyl (C=O) groups excluding carboxylic acids is 2. The van der Waals surface area contributed by atoms with E-state index in [1.54, 1.807) is 0 Å². The molecule has 1 aliphatic heterocycles. The third-order valence-electron chi connectivity index (χ3n) is 4.25. The Kier molecular flexibility index (Phi) is 6.68. The Bertz CT molecular complexity index is 728. The zero-order valence-electron chi connectivity index (χ0n) is 14.6. The van der Waals surface area contributed by atoms with Gasteiger partial charge in [0.1, 0.15) is 0 Å². The van der Waals surface area contributed by atoms with E-state index in [0.717, 1.165) is 37.3 Å². The van der Waals surface area contributed by atoms with Crippen LogP contribution in [0.1, 0.15) is 21.5 Å². The fourth-order valence-electron chi connectivity index (χ4n) is 2.72. The maximum Gasteiger partial charge on any atom is 0.282 e. The van der Waals surface area contributed by atoms with Gasteiger partial charge in [-0.15, -0.1) is 0 Å². The van der Waals surface area contributed by atoms with Crippen LogP contribution in [-0.2, 0) is 12.3 Å². The van der Waals surface area contributed by atoms with Gasteiger partial charge in [0.05, 0.1) is 0 Å². The summed E-state index contributed by atoms with van der Waals surface area (Å²) >= 11 is 1.32. The molecule has 1 heterocycles. The van der Waals surface area contributed by atoms with E-state index in [-0.39, 0.29) is 11.1 Å². The minimum Gasteiger partial charge on any atom is -0.348 e. The third-order valence-corrected chi connectivity index (χ3v) is 5.23. The molecule has 1 fully saturated rings. The molecule has 2 aromatic carbocycles. The van der Waals surface area contributed by atoms with Crippen molar-refractivity contribution in [2.24, 2.45) is 0 Å². The van der Waals surface area contributed by atoms with Crippen LogP contribution in [0.3, 0.4) is 0 Å². The van der Waals surface area contributed by atoms with E-state index in [4.69, 9.17) is 0 Å². The summed E-state index contributed by atoms with van der Waals surface area (Å²) in [5, 5.41) is 6.28. The lowest BCUT2D eigenvalue weighted by Crippen LogP contribution is -2.45. The highest BCUT2D eigenvalue weighted by Crippen LogP contribution is 2.17. The number of nitrogens with zero attached hydrogens (tertiary/aromatic N) is 1. The first kappa shape index (κ1) is 18.5. The monoisotopic (exact) mass is 369 g/mol. The van der Waals surface area contributed by atoms with Crippen LogP contribution in [0.15, 0.2) is 54.6 Å². The average Bonchev–Trinajstić information content (AvgIpc) is 2.72. The number of hydrogen-bond donors (Lipinski definition) is 2. The number of benzene rings is 2. The molecule has 1 aliphatic rings. The van der Waals surface area contributed by atoms with Crippen LogP contribution in [0.25, 0.3) is 0 Å². The molecular weight excluding hydrogens is 346 g/mol. The molecule has 0 saturated carbocycles. The summed E-state index contributed by atoms with van der Waals surface area (Å²) in [4.78, 5) is 26.3. The van der Waals surface area contributed by atoms with Crippen LogP contribution in [0.2, 0.25) is 0 Å². The maximum atomic E-state index is 12.2. The molecule has 0 aliphatic carbocycles. The molecule has 2 amide bonds. The number of piperazine rings is 1. The van der Waals surface area contributed by atoms with Gasteiger partial charge in [0.25, 0.3) is 11.1 Å². The average molecular weight is 369 g/mol. The van der Waals surface area contributed by atoms with Crippen molar-refractivity contribution >= 4 is 22.9 Å². The fourth-order valence-corrected chi connectivity index (χ4v) is 3.56. The Hall–Kier alpha value is -2.31. The molecule has 2 N–H and O–H groups in total. The van der Waals surface area contributed by atoms with E-state index >= 15 is 0 Å². The molecule has 0 aromatic heterocycles. The Morgan fingerprint density at radius 2 is 1.65 bits per heavy atom. The van der Waals surface area contributed by atoms with Gasteiger partial charge in [-0.1, -0.05) is 54.2 Å². The van der Waals surface area contributed by atoms with Gasteiger partial charge in [-0.2, -0.15) is 0 Å². The van der Waals surface area contributed by atoms with Gasteiger partial charge >= 0.3 is 0 Å². The van der Waals surface area contributed by atoms with Gasteiger partial charge in [-0.05, 0) is 23.3 Å². The van der Waals surface area contributed by atoms with Crippen molar-refractivity contribution in [3.8, 4) is 0 Å². The summed E-state index contributed by atoms with van der Waals surface area (Å²) in [6.07, 6.45) is 0. The second kappa shape index (κ2) is 9.40. The fraction of sp³-hybridized carbons (Fsp3) is 0.300. The second-order valence-electron chi connectivity index (χ2n) is 6.16. The van der Waals surface area contributed by atoms with Crippen molar-refractivity contribution in [2.75, 3.05) is 26.2 Å². The highest BCUT2D eigenvalue weighted by molar-refractivity contribution is 8.12. The topological polar surface area (TPSA) is 61.4 Å². The number of rotatable bonds is 5. The minimum atomic E-state index is -0.0926. The molecular formula is C20H23N3O2S. The summed E-state index contributed by atoms with van der Waals surface area (Å²) in [6, 6.07) is 17.3. The Balaban J connectivity index is 1.46. The van der Waals surface area contributed by atoms with Crippen molar-refractivity contribution < 1.29 is 9.59 Å². The van der Waals surface area contributed by atoms with Crippen LogP contribution in [0, 0.1) is 0 Å². The molecule has 0 atom stereocenters. The predicted molar refractivity (Wildman–Crippen MR) is 105 cm³/mol. The van der Waals surface area contributed by atoms with E-state index in [9.17, 15) is 9.59 Å². The lowest BCUT2D eigenvalue weighted by Gasteiger charge is -2.26. The maximum absolute atomic E-state index is 12.2. The molecule has 3 rings (SSSR count). The van der Waals surface area contributed by atoms with E-state index in [0.29, 0.717) is 17.9 Å². The van der Waals surface area contributed by atoms with Gasteiger partial charge in [0, 0.05) is 44.0 Å². The molecule has 1 saturated heterocycles. The van der Waals surface area contributed by atoms with Crippen LogP contribution >= 0.6 is 11.8 Å². The van der Waals surface area contributed by atoms with Crippen molar-refractivity contribution in [1.29, 1.82) is 0 Å². The number of hydrogen-bond acceptors (Lipinski definition) is 4. The first-order chi connectivity index (χ1) is 12.7. The Morgan fingerprint density at radius 3 is 2.35 bits per heavy atom. The highest BCUT2D eigenvalue weighted by atomic mass is 32.2. The highest BCUT2D eigenvalue weighted by Gasteiger charge is 2.16. The lowest BCUT2D eigenvalue weighted by atomic mass is 10.1. The van der Waals surface area contributed by atoms with Crippen LogP contribution in [0.4, 0.5) is 4.79 Å². The summed E-state index contributed by atoms with van der Waals surface area (Å²) in [6.45, 7) is 3.77. The molecule has 0 bridgehead atoms. The minimum absolute atomic E-state index is 0.0926. The van der Waals surface area contributed by atoms with E-state index in [1.165, 1.54) is 11.8 Å². The van der Waals surface area contributed by atoms with Crippen molar-refractivity contribution in [3.05, 3.63) is 71.3 Å². The van der Waals surface area contributed by atoms with Crippen molar-refractivity contribution in [2.45, 2.75) is 12.3 Å². The van der Waals surface area contributed by atoms with E-state index < -0.39 is 0 Å². The lowest BCUT2D eigenvalue weighted by molar-refractivity contribution is 0.0951. The van der Waals surface area contributed by atoms with Gasteiger partial charge in [0.15, 0.2) is 0 Å². The predicted octanol–water partition coefficient (Wildman–Crippen LogP) is 2.88. The first-order valence-electron chi connectivity index (χ1n) is 8.76. The van der Waals surface area contributed by atoms with E-state index in [2.05, 4.69) is 10.6 Å². The molecule has 2 aromatic rings. The zero-order chi connectivity index (χ0) is 18.2. The van der Waals surface area contributed by atoms with Gasteiger partial charge in [-0.3, -0.25) is 9.59 Å². The third kappa shape index (κ3) is 5.34. The summed E-state index contributed by atoms with van der Waals surface area (Å²) in [5.41, 5.74) is 2.74. The molecule has 0 radical (unpaired) electrons.